The van der Waals surface area contributed by atoms with Crippen molar-refractivity contribution in [3.63, 3.8) is 0 Å². The van der Waals surface area contributed by atoms with E-state index in [0.29, 0.717) is 6.54 Å². The van der Waals surface area contributed by atoms with Crippen LogP contribution in [-0.4, -0.2) is 35.6 Å². The number of nitrogens with zero attached hydrogens (tertiary/aromatic N) is 1. The molecule has 5 heteroatoms. The molecular weight excluding hydrogens is 302 g/mol. The number of rotatable bonds is 4. The highest BCUT2D eigenvalue weighted by Crippen LogP contribution is 2.28. The monoisotopic (exact) mass is 317 g/mol. The molecule has 1 fully saturated rings. The Morgan fingerprint density at radius 3 is 2.71 bits per heavy atom. The maximum absolute atomic E-state index is 11.3. The van der Waals surface area contributed by atoms with Gasteiger partial charge < -0.3 is 10.0 Å². The number of thiophene rings is 1. The molecule has 94 valence electrons. The molecule has 1 aliphatic rings. The first kappa shape index (κ1) is 13.1. The second-order valence-corrected chi connectivity index (χ2v) is 6.28. The summed E-state index contributed by atoms with van der Waals surface area (Å²) in [7, 11) is 0. The summed E-state index contributed by atoms with van der Waals surface area (Å²) in [5.74, 6) is -1.10. The Kier molecular flexibility index (Phi) is 4.59. The molecule has 0 radical (unpaired) electrons. The Balaban J connectivity index is 2.04. The maximum atomic E-state index is 11.3. The summed E-state index contributed by atoms with van der Waals surface area (Å²) >= 11 is 4.90. The molecule has 1 saturated heterocycles. The van der Waals surface area contributed by atoms with Gasteiger partial charge in [-0.25, -0.2) is 0 Å². The van der Waals surface area contributed by atoms with Gasteiger partial charge in [-0.1, -0.05) is 6.42 Å². The first-order chi connectivity index (χ1) is 8.16. The summed E-state index contributed by atoms with van der Waals surface area (Å²) in [4.78, 5) is 14.6. The zero-order valence-electron chi connectivity index (χ0n) is 9.56. The van der Waals surface area contributed by atoms with E-state index >= 15 is 0 Å². The lowest BCUT2D eigenvalue weighted by Crippen LogP contribution is -2.35. The molecule has 1 unspecified atom stereocenters. The Bertz CT molecular complexity index is 388. The smallest absolute Gasteiger partial charge is 0.313 e. The number of carboxylic acid groups (broad SMARTS) is 1. The average molecular weight is 318 g/mol. The number of hydrogen-bond acceptors (Lipinski definition) is 3. The fourth-order valence-corrected chi connectivity index (χ4v) is 3.73. The van der Waals surface area contributed by atoms with Gasteiger partial charge in [0.1, 0.15) is 5.92 Å². The van der Waals surface area contributed by atoms with Gasteiger partial charge in [-0.05, 0) is 47.9 Å². The SMILES string of the molecule is O=C(O)C(CN1CCCCC1)c1cc(Br)cs1. The lowest BCUT2D eigenvalue weighted by atomic mass is 10.0. The van der Waals surface area contributed by atoms with Gasteiger partial charge in [-0.15, -0.1) is 11.3 Å². The Morgan fingerprint density at radius 2 is 2.18 bits per heavy atom. The van der Waals surface area contributed by atoms with Gasteiger partial charge in [0.25, 0.3) is 0 Å². The van der Waals surface area contributed by atoms with E-state index in [-0.39, 0.29) is 5.92 Å². The molecule has 3 nitrogen and oxygen atoms in total. The van der Waals surface area contributed by atoms with E-state index < -0.39 is 5.97 Å². The lowest BCUT2D eigenvalue weighted by Gasteiger charge is -2.28. The normalized spacial score (nSPS) is 19.1. The Labute approximate surface area is 114 Å². The standard InChI is InChI=1S/C12H16BrNO2S/c13-9-6-11(17-8-9)10(12(15)16)7-14-4-2-1-3-5-14/h6,8,10H,1-5,7H2,(H,15,16). The molecule has 2 rings (SSSR count). The maximum Gasteiger partial charge on any atom is 0.313 e. The van der Waals surface area contributed by atoms with E-state index in [1.807, 2.05) is 11.4 Å². The highest BCUT2D eigenvalue weighted by atomic mass is 79.9. The van der Waals surface area contributed by atoms with Crippen LogP contribution in [0.5, 0.6) is 0 Å². The molecule has 1 aromatic heterocycles. The van der Waals surface area contributed by atoms with Gasteiger partial charge in [0.15, 0.2) is 0 Å². The fraction of sp³-hybridized carbons (Fsp3) is 0.583. The molecule has 1 N–H and O–H groups in total. The Morgan fingerprint density at radius 1 is 1.47 bits per heavy atom. The van der Waals surface area contributed by atoms with Crippen molar-refractivity contribution in [2.45, 2.75) is 25.2 Å². The highest BCUT2D eigenvalue weighted by molar-refractivity contribution is 9.10. The average Bonchev–Trinajstić information content (AvgIpc) is 2.73. The summed E-state index contributed by atoms with van der Waals surface area (Å²) in [6.45, 7) is 2.72. The molecule has 0 aliphatic carbocycles. The second-order valence-electron chi connectivity index (χ2n) is 4.42. The van der Waals surface area contributed by atoms with E-state index in [4.69, 9.17) is 0 Å². The van der Waals surface area contributed by atoms with Crippen LogP contribution in [0, 0.1) is 0 Å². The minimum atomic E-state index is -0.718. The van der Waals surface area contributed by atoms with E-state index in [1.165, 1.54) is 30.6 Å². The quantitative estimate of drug-likeness (QED) is 0.927. The zero-order chi connectivity index (χ0) is 12.3. The van der Waals surface area contributed by atoms with Crippen LogP contribution < -0.4 is 0 Å². The van der Waals surface area contributed by atoms with Crippen molar-refractivity contribution in [1.82, 2.24) is 4.90 Å². The van der Waals surface area contributed by atoms with Crippen molar-refractivity contribution >= 4 is 33.2 Å². The number of carbonyl (C=O) groups is 1. The van der Waals surface area contributed by atoms with Gasteiger partial charge in [0, 0.05) is 21.3 Å². The van der Waals surface area contributed by atoms with Crippen LogP contribution in [0.15, 0.2) is 15.9 Å². The van der Waals surface area contributed by atoms with E-state index in [1.54, 1.807) is 0 Å². The number of halogens is 1. The summed E-state index contributed by atoms with van der Waals surface area (Å²) in [5.41, 5.74) is 0. The van der Waals surface area contributed by atoms with Crippen LogP contribution >= 0.6 is 27.3 Å². The second kappa shape index (κ2) is 5.98. The van der Waals surface area contributed by atoms with Crippen LogP contribution in [-0.2, 0) is 4.79 Å². The number of hydrogen-bond donors (Lipinski definition) is 1. The van der Waals surface area contributed by atoms with Gasteiger partial charge >= 0.3 is 5.97 Å². The van der Waals surface area contributed by atoms with Gasteiger partial charge in [0.05, 0.1) is 0 Å². The molecule has 0 aromatic carbocycles. The first-order valence-electron chi connectivity index (χ1n) is 5.86. The minimum Gasteiger partial charge on any atom is -0.481 e. The summed E-state index contributed by atoms with van der Waals surface area (Å²) in [6.07, 6.45) is 3.67. The topological polar surface area (TPSA) is 40.5 Å². The van der Waals surface area contributed by atoms with Crippen LogP contribution in [0.4, 0.5) is 0 Å². The first-order valence-corrected chi connectivity index (χ1v) is 7.53. The molecule has 0 bridgehead atoms. The van der Waals surface area contributed by atoms with Crippen LogP contribution in [0.25, 0.3) is 0 Å². The molecular formula is C12H16BrNO2S. The van der Waals surface area contributed by atoms with Crippen molar-refractivity contribution in [1.29, 1.82) is 0 Å². The highest BCUT2D eigenvalue weighted by Gasteiger charge is 2.25. The number of likely N-dealkylation sites (tertiary alicyclic amines) is 1. The van der Waals surface area contributed by atoms with Crippen molar-refractivity contribution in [2.24, 2.45) is 0 Å². The van der Waals surface area contributed by atoms with Gasteiger partial charge in [-0.2, -0.15) is 0 Å². The number of carboxylic acids is 1. The van der Waals surface area contributed by atoms with Crippen molar-refractivity contribution in [3.05, 3.63) is 20.8 Å². The molecule has 2 heterocycles. The lowest BCUT2D eigenvalue weighted by molar-refractivity contribution is -0.139. The molecule has 1 aliphatic heterocycles. The summed E-state index contributed by atoms with van der Waals surface area (Å²) < 4.78 is 0.974. The third-order valence-electron chi connectivity index (χ3n) is 3.12. The predicted octanol–water partition coefficient (Wildman–Crippen LogP) is 3.16. The van der Waals surface area contributed by atoms with Crippen molar-refractivity contribution in [3.8, 4) is 0 Å². The molecule has 1 atom stereocenters. The zero-order valence-corrected chi connectivity index (χ0v) is 12.0. The number of aliphatic carboxylic acids is 1. The largest absolute Gasteiger partial charge is 0.481 e. The molecule has 0 amide bonds. The molecule has 0 saturated carbocycles. The van der Waals surface area contributed by atoms with Crippen LogP contribution in [0.1, 0.15) is 30.1 Å². The van der Waals surface area contributed by atoms with Gasteiger partial charge in [0.2, 0.25) is 0 Å². The van der Waals surface area contributed by atoms with Crippen molar-refractivity contribution in [2.75, 3.05) is 19.6 Å². The molecule has 17 heavy (non-hydrogen) atoms. The van der Waals surface area contributed by atoms with Gasteiger partial charge in [-0.3, -0.25) is 4.79 Å². The summed E-state index contributed by atoms with van der Waals surface area (Å²) in [5, 5.41) is 11.3. The minimum absolute atomic E-state index is 0.385. The predicted molar refractivity (Wildman–Crippen MR) is 72.7 cm³/mol. The fourth-order valence-electron chi connectivity index (χ4n) is 2.20. The molecule has 1 aromatic rings. The van der Waals surface area contributed by atoms with E-state index in [2.05, 4.69) is 20.8 Å². The molecule has 0 spiro atoms. The number of piperidine rings is 1. The third kappa shape index (κ3) is 3.53. The summed E-state index contributed by atoms with van der Waals surface area (Å²) in [6, 6.07) is 1.92. The Hall–Kier alpha value is -0.390. The van der Waals surface area contributed by atoms with E-state index in [9.17, 15) is 9.90 Å². The van der Waals surface area contributed by atoms with E-state index in [0.717, 1.165) is 22.4 Å². The third-order valence-corrected chi connectivity index (χ3v) is 4.93. The van der Waals surface area contributed by atoms with Crippen LogP contribution in [0.3, 0.4) is 0 Å². The van der Waals surface area contributed by atoms with Crippen molar-refractivity contribution < 1.29 is 9.90 Å². The van der Waals surface area contributed by atoms with Crippen LogP contribution in [0.2, 0.25) is 0 Å².